The summed E-state index contributed by atoms with van der Waals surface area (Å²) < 4.78 is 0. The molecule has 0 bridgehead atoms. The Morgan fingerprint density at radius 3 is 2.42 bits per heavy atom. The first kappa shape index (κ1) is 38.8. The van der Waals surface area contributed by atoms with Gasteiger partial charge in [-0.05, 0) is 141 Å². The van der Waals surface area contributed by atoms with E-state index in [1.807, 2.05) is 11.2 Å². The maximum atomic E-state index is 3.34. The Labute approximate surface area is 364 Å². The minimum absolute atomic E-state index is 0.191. The Kier molecular flexibility index (Phi) is 9.45. The Hall–Kier alpha value is -1.81. The van der Waals surface area contributed by atoms with Gasteiger partial charge in [0.05, 0.1) is 0 Å². The highest BCUT2D eigenvalue weighted by Gasteiger charge is 2.73. The average Bonchev–Trinajstić information content (AvgIpc) is 3.73. The molecule has 12 rings (SSSR count). The quantitative estimate of drug-likeness (QED) is 0.281. The van der Waals surface area contributed by atoms with Crippen LogP contribution in [0.4, 0.5) is 0 Å². The Morgan fingerprint density at radius 1 is 0.814 bits per heavy atom. The smallest absolute Gasteiger partial charge is 0.191 e. The molecule has 7 aliphatic carbocycles. The Bertz CT molecular complexity index is 1930. The Morgan fingerprint density at radius 2 is 1.63 bits per heavy atom. The normalized spacial score (nSPS) is 40.8. The molecule has 1 spiro atoms. The molecule has 11 unspecified atom stereocenters. The molecule has 4 heteroatoms. The fraction of sp³-hybridized carbons (Fsp3) is 0.745. The van der Waals surface area contributed by atoms with Crippen molar-refractivity contribution in [2.75, 3.05) is 0 Å². The molecule has 316 valence electrons. The van der Waals surface area contributed by atoms with E-state index < -0.39 is 0 Å². The number of rotatable bonds is 3. The highest BCUT2D eigenvalue weighted by atomic mass is 32.2. The number of allylic oxidation sites excluding steroid dienone is 7. The topological polar surface area (TPSA) is 6.48 Å². The summed E-state index contributed by atoms with van der Waals surface area (Å²) in [7, 11) is 0. The molecule has 7 fully saturated rings. The molecular weight excluding hydrogens is 731 g/mol. The van der Waals surface area contributed by atoms with E-state index in [1.165, 1.54) is 135 Å². The fourth-order valence-electron chi connectivity index (χ4n) is 18.3. The van der Waals surface area contributed by atoms with Crippen LogP contribution in [0.2, 0.25) is 11.6 Å². The van der Waals surface area contributed by atoms with Crippen molar-refractivity contribution in [1.29, 1.82) is 0 Å². The minimum atomic E-state index is 0.191. The molecule has 4 heterocycles. The molecule has 2 saturated heterocycles. The molecule has 11 atom stereocenters. The average molecular weight is 809 g/mol. The van der Waals surface area contributed by atoms with Crippen molar-refractivity contribution in [2.24, 2.45) is 40.4 Å². The van der Waals surface area contributed by atoms with E-state index in [2.05, 4.69) is 105 Å². The molecule has 5 saturated carbocycles. The third-order valence-corrected chi connectivity index (χ3v) is 22.3. The van der Waals surface area contributed by atoms with Crippen LogP contribution >= 0.6 is 11.8 Å². The molecule has 59 heavy (non-hydrogen) atoms. The van der Waals surface area contributed by atoms with Gasteiger partial charge < -0.3 is 9.80 Å². The lowest BCUT2D eigenvalue weighted by atomic mass is 9.21. The Balaban J connectivity index is 1.06. The van der Waals surface area contributed by atoms with Crippen LogP contribution in [0, 0.1) is 40.4 Å². The van der Waals surface area contributed by atoms with E-state index in [4.69, 9.17) is 0 Å². The molecule has 0 aromatic heterocycles. The van der Waals surface area contributed by atoms with E-state index in [0.29, 0.717) is 34.1 Å². The number of thioether (sulfide) groups is 1. The van der Waals surface area contributed by atoms with E-state index in [1.54, 1.807) is 21.7 Å². The van der Waals surface area contributed by atoms with E-state index in [-0.39, 0.29) is 5.54 Å². The third-order valence-electron chi connectivity index (χ3n) is 20.7. The van der Waals surface area contributed by atoms with Crippen LogP contribution in [-0.4, -0.2) is 45.4 Å². The molecule has 0 N–H and O–H groups in total. The number of hydrogen-bond acceptors (Lipinski definition) is 3. The van der Waals surface area contributed by atoms with Gasteiger partial charge in [0.15, 0.2) is 6.71 Å². The maximum absolute atomic E-state index is 3.34. The van der Waals surface area contributed by atoms with Crippen LogP contribution in [0.1, 0.15) is 181 Å². The second-order valence-electron chi connectivity index (χ2n) is 24.2. The zero-order chi connectivity index (χ0) is 39.8. The second kappa shape index (κ2) is 14.4. The van der Waals surface area contributed by atoms with E-state index in [0.717, 1.165) is 54.0 Å². The van der Waals surface area contributed by atoms with Crippen LogP contribution in [0.25, 0.3) is 0 Å². The van der Waals surface area contributed by atoms with Gasteiger partial charge in [-0.15, -0.1) is 11.8 Å². The van der Waals surface area contributed by atoms with Crippen molar-refractivity contribution in [2.45, 2.75) is 221 Å². The minimum Gasteiger partial charge on any atom is -0.368 e. The molecule has 11 aliphatic rings. The number of nitrogens with zero attached hydrogens (tertiary/aromatic N) is 2. The van der Waals surface area contributed by atoms with Crippen molar-refractivity contribution in [1.82, 2.24) is 9.80 Å². The number of hydrogen-bond donors (Lipinski definition) is 0. The predicted molar refractivity (Wildman–Crippen MR) is 250 cm³/mol. The molecular formula is C55H77BN2S. The van der Waals surface area contributed by atoms with Crippen molar-refractivity contribution < 1.29 is 0 Å². The van der Waals surface area contributed by atoms with Gasteiger partial charge in [0, 0.05) is 51.1 Å². The summed E-state index contributed by atoms with van der Waals surface area (Å²) in [6.45, 7) is 14.2. The summed E-state index contributed by atoms with van der Waals surface area (Å²) in [5.74, 6) is 6.52. The van der Waals surface area contributed by atoms with Gasteiger partial charge >= 0.3 is 0 Å². The first-order valence-corrected chi connectivity index (χ1v) is 26.7. The summed E-state index contributed by atoms with van der Waals surface area (Å²) in [4.78, 5) is 8.29. The predicted octanol–water partition coefficient (Wildman–Crippen LogP) is 14.6. The van der Waals surface area contributed by atoms with Crippen molar-refractivity contribution in [3.8, 4) is 0 Å². The SMILES string of the molecule is CC(C)(C)C1CCC2C(C1)B1C3=C(CC(C4=CC=CCC4)C=C3N3C4C1CCC(C1CCCCC1)C4C1(CCCCC1)C3(C)C)N2C1CCCC2c3ccccc3SC21. The molecule has 2 nitrogen and oxygen atoms in total. The molecule has 4 aliphatic heterocycles. The fourth-order valence-corrected chi connectivity index (χ4v) is 20.0. The highest BCUT2D eigenvalue weighted by molar-refractivity contribution is 8.00. The first-order chi connectivity index (χ1) is 28.7. The number of benzene rings is 1. The summed E-state index contributed by atoms with van der Waals surface area (Å²) in [5, 5.41) is 0.691. The summed E-state index contributed by atoms with van der Waals surface area (Å²) in [6.07, 6.45) is 40.6. The molecule has 0 radical (unpaired) electrons. The van der Waals surface area contributed by atoms with Crippen LogP contribution in [0.3, 0.4) is 0 Å². The standard InChI is InChI=1S/C55H77BN2S/c1-53(2,3)38-26-29-44-43(34-38)56-42-28-27-39(36-20-11-7-12-21-36)49-51(42)58(54(4,5)55(49)30-15-8-16-31-55)47-33-37(35-18-9-6-10-19-35)32-46(50(47)56)57(44)45-24-17-23-41-40-22-13-14-25-48(40)59-52(41)45/h6,9,13-14,18,22,25,33,36-39,41-45,49,51-52H,7-8,10-12,15-17,19-21,23-24,26-32,34H2,1-5H3. The van der Waals surface area contributed by atoms with E-state index >= 15 is 0 Å². The van der Waals surface area contributed by atoms with Gasteiger partial charge in [-0.3, -0.25) is 0 Å². The van der Waals surface area contributed by atoms with Crippen LogP contribution in [0.5, 0.6) is 0 Å². The second-order valence-corrected chi connectivity index (χ2v) is 25.4. The van der Waals surface area contributed by atoms with Gasteiger partial charge in [0.25, 0.3) is 0 Å². The highest BCUT2D eigenvalue weighted by Crippen LogP contribution is 2.73. The van der Waals surface area contributed by atoms with Crippen molar-refractivity contribution >= 4 is 18.5 Å². The van der Waals surface area contributed by atoms with Crippen LogP contribution < -0.4 is 0 Å². The monoisotopic (exact) mass is 809 g/mol. The van der Waals surface area contributed by atoms with Crippen LogP contribution in [-0.2, 0) is 0 Å². The van der Waals surface area contributed by atoms with Crippen molar-refractivity contribution in [3.05, 3.63) is 76.6 Å². The van der Waals surface area contributed by atoms with Gasteiger partial charge in [-0.1, -0.05) is 146 Å². The van der Waals surface area contributed by atoms with Crippen molar-refractivity contribution in [3.63, 3.8) is 0 Å². The van der Waals surface area contributed by atoms with Gasteiger partial charge in [0.2, 0.25) is 0 Å². The van der Waals surface area contributed by atoms with Gasteiger partial charge in [-0.2, -0.15) is 0 Å². The number of fused-ring (bicyclic) bond motifs is 8. The van der Waals surface area contributed by atoms with Gasteiger partial charge in [-0.25, -0.2) is 0 Å². The molecule has 0 amide bonds. The molecule has 1 aromatic rings. The van der Waals surface area contributed by atoms with E-state index in [9.17, 15) is 0 Å². The van der Waals surface area contributed by atoms with Crippen LogP contribution in [0.15, 0.2) is 75.9 Å². The summed E-state index contributed by atoms with van der Waals surface area (Å²) in [5.41, 5.74) is 10.1. The zero-order valence-corrected chi connectivity index (χ0v) is 38.6. The first-order valence-electron chi connectivity index (χ1n) is 25.8. The third kappa shape index (κ3) is 5.70. The molecule has 1 aromatic carbocycles. The maximum Gasteiger partial charge on any atom is 0.191 e. The zero-order valence-electron chi connectivity index (χ0n) is 37.8. The van der Waals surface area contributed by atoms with Gasteiger partial charge in [0.1, 0.15) is 0 Å². The summed E-state index contributed by atoms with van der Waals surface area (Å²) >= 11 is 2.30. The lowest BCUT2D eigenvalue weighted by molar-refractivity contribution is -0.0129. The lowest BCUT2D eigenvalue weighted by Crippen LogP contribution is -2.65. The summed E-state index contributed by atoms with van der Waals surface area (Å²) in [6, 6.07) is 11.7. The largest absolute Gasteiger partial charge is 0.368 e. The lowest BCUT2D eigenvalue weighted by Gasteiger charge is -2.64.